The predicted molar refractivity (Wildman–Crippen MR) is 84.9 cm³/mol. The van der Waals surface area contributed by atoms with Gasteiger partial charge in [0.2, 0.25) is 0 Å². The summed E-state index contributed by atoms with van der Waals surface area (Å²) in [6, 6.07) is 13.2. The quantitative estimate of drug-likeness (QED) is 0.743. The lowest BCUT2D eigenvalue weighted by molar-refractivity contribution is 0.0951. The van der Waals surface area contributed by atoms with Gasteiger partial charge in [0.1, 0.15) is 4.60 Å². The van der Waals surface area contributed by atoms with Gasteiger partial charge in [-0.2, -0.15) is 0 Å². The van der Waals surface area contributed by atoms with E-state index < -0.39 is 0 Å². The van der Waals surface area contributed by atoms with Gasteiger partial charge >= 0.3 is 0 Å². The van der Waals surface area contributed by atoms with E-state index in [9.17, 15) is 4.79 Å². The Morgan fingerprint density at radius 1 is 1.10 bits per heavy atom. The van der Waals surface area contributed by atoms with Crippen LogP contribution in [0.25, 0.3) is 10.9 Å². The molecule has 0 aliphatic heterocycles. The van der Waals surface area contributed by atoms with Crippen LogP contribution in [0.2, 0.25) is 0 Å². The third-order valence-electron chi connectivity index (χ3n) is 3.14. The fourth-order valence-electron chi connectivity index (χ4n) is 2.13. The fourth-order valence-corrected chi connectivity index (χ4v) is 2.50. The van der Waals surface area contributed by atoms with Crippen molar-refractivity contribution in [2.24, 2.45) is 0 Å². The number of halogens is 1. The van der Waals surface area contributed by atoms with Gasteiger partial charge in [0.25, 0.3) is 5.91 Å². The molecule has 0 atom stereocenters. The first-order chi connectivity index (χ1) is 10.2. The summed E-state index contributed by atoms with van der Waals surface area (Å²) in [5.41, 5.74) is 2.48. The number of carbonyl (C=O) groups excluding carboxylic acids is 1. The van der Waals surface area contributed by atoms with Crippen molar-refractivity contribution in [3.05, 3.63) is 70.6 Å². The minimum atomic E-state index is -0.133. The highest BCUT2D eigenvalue weighted by atomic mass is 79.9. The molecule has 0 spiro atoms. The zero-order valence-electron chi connectivity index (χ0n) is 11.1. The molecule has 0 saturated carbocycles. The van der Waals surface area contributed by atoms with E-state index in [1.807, 2.05) is 30.3 Å². The maximum atomic E-state index is 12.1. The summed E-state index contributed by atoms with van der Waals surface area (Å²) in [7, 11) is 0. The summed E-state index contributed by atoms with van der Waals surface area (Å²) in [6.45, 7) is 0.438. The number of carbonyl (C=O) groups is 1. The van der Waals surface area contributed by atoms with Gasteiger partial charge in [0, 0.05) is 29.9 Å². The van der Waals surface area contributed by atoms with E-state index in [0.29, 0.717) is 16.7 Å². The molecule has 4 nitrogen and oxygen atoms in total. The zero-order valence-corrected chi connectivity index (χ0v) is 12.7. The van der Waals surface area contributed by atoms with E-state index in [2.05, 4.69) is 31.2 Å². The lowest BCUT2D eigenvalue weighted by Crippen LogP contribution is -2.23. The Labute approximate surface area is 130 Å². The first kappa shape index (κ1) is 13.7. The molecule has 0 bridgehead atoms. The number of nitrogens with one attached hydrogen (secondary N) is 1. The topological polar surface area (TPSA) is 54.9 Å². The SMILES string of the molecule is O=C(NCc1cccc2cccnc12)c1ccnc(Br)c1. The van der Waals surface area contributed by atoms with Crippen LogP contribution in [0.5, 0.6) is 0 Å². The van der Waals surface area contributed by atoms with Crippen molar-refractivity contribution in [1.82, 2.24) is 15.3 Å². The van der Waals surface area contributed by atoms with Crippen molar-refractivity contribution in [2.75, 3.05) is 0 Å². The first-order valence-corrected chi connectivity index (χ1v) is 7.26. The number of hydrogen-bond acceptors (Lipinski definition) is 3. The number of para-hydroxylation sites is 1. The van der Waals surface area contributed by atoms with Crippen molar-refractivity contribution in [3.63, 3.8) is 0 Å². The van der Waals surface area contributed by atoms with Gasteiger partial charge in [0.05, 0.1) is 5.52 Å². The van der Waals surface area contributed by atoms with Gasteiger partial charge in [0.15, 0.2) is 0 Å². The van der Waals surface area contributed by atoms with E-state index in [1.165, 1.54) is 0 Å². The van der Waals surface area contributed by atoms with Gasteiger partial charge in [-0.1, -0.05) is 24.3 Å². The van der Waals surface area contributed by atoms with Gasteiger partial charge in [-0.15, -0.1) is 0 Å². The summed E-state index contributed by atoms with van der Waals surface area (Å²) < 4.78 is 0.641. The fraction of sp³-hybridized carbons (Fsp3) is 0.0625. The predicted octanol–water partition coefficient (Wildman–Crippen LogP) is 3.32. The molecule has 5 heteroatoms. The van der Waals surface area contributed by atoms with Crippen LogP contribution in [0.15, 0.2) is 59.5 Å². The van der Waals surface area contributed by atoms with Gasteiger partial charge < -0.3 is 5.32 Å². The van der Waals surface area contributed by atoms with Crippen LogP contribution in [-0.4, -0.2) is 15.9 Å². The molecule has 21 heavy (non-hydrogen) atoms. The van der Waals surface area contributed by atoms with Crippen LogP contribution < -0.4 is 5.32 Å². The number of hydrogen-bond donors (Lipinski definition) is 1. The Morgan fingerprint density at radius 3 is 2.81 bits per heavy atom. The van der Waals surface area contributed by atoms with Crippen LogP contribution in [0, 0.1) is 0 Å². The number of benzene rings is 1. The Kier molecular flexibility index (Phi) is 3.92. The molecule has 2 heterocycles. The van der Waals surface area contributed by atoms with Crippen LogP contribution in [0.3, 0.4) is 0 Å². The summed E-state index contributed by atoms with van der Waals surface area (Å²) in [5, 5.41) is 3.97. The van der Waals surface area contributed by atoms with E-state index in [-0.39, 0.29) is 5.91 Å². The zero-order chi connectivity index (χ0) is 14.7. The molecular weight excluding hydrogens is 330 g/mol. The van der Waals surface area contributed by atoms with Gasteiger partial charge in [-0.05, 0) is 39.7 Å². The van der Waals surface area contributed by atoms with E-state index in [4.69, 9.17) is 0 Å². The van der Waals surface area contributed by atoms with Crippen molar-refractivity contribution in [1.29, 1.82) is 0 Å². The van der Waals surface area contributed by atoms with Crippen LogP contribution in [0.1, 0.15) is 15.9 Å². The molecule has 2 aromatic heterocycles. The van der Waals surface area contributed by atoms with Crippen LogP contribution >= 0.6 is 15.9 Å². The number of nitrogens with zero attached hydrogens (tertiary/aromatic N) is 2. The van der Waals surface area contributed by atoms with E-state index >= 15 is 0 Å². The Balaban J connectivity index is 1.79. The Bertz CT molecular complexity index is 799. The number of fused-ring (bicyclic) bond motifs is 1. The lowest BCUT2D eigenvalue weighted by atomic mass is 10.1. The van der Waals surface area contributed by atoms with Crippen molar-refractivity contribution >= 4 is 32.7 Å². The molecule has 0 aliphatic carbocycles. The van der Waals surface area contributed by atoms with E-state index in [0.717, 1.165) is 16.5 Å². The molecule has 0 unspecified atom stereocenters. The second-order valence-corrected chi connectivity index (χ2v) is 5.35. The van der Waals surface area contributed by atoms with Crippen molar-refractivity contribution < 1.29 is 4.79 Å². The molecule has 0 fully saturated rings. The second-order valence-electron chi connectivity index (χ2n) is 4.54. The number of rotatable bonds is 3. The summed E-state index contributed by atoms with van der Waals surface area (Å²) in [4.78, 5) is 20.5. The van der Waals surface area contributed by atoms with Gasteiger partial charge in [-0.25, -0.2) is 4.98 Å². The molecule has 3 aromatic rings. The summed E-state index contributed by atoms with van der Waals surface area (Å²) >= 11 is 3.26. The highest BCUT2D eigenvalue weighted by molar-refractivity contribution is 9.10. The molecule has 3 rings (SSSR count). The lowest BCUT2D eigenvalue weighted by Gasteiger charge is -2.08. The molecule has 0 aliphatic rings. The summed E-state index contributed by atoms with van der Waals surface area (Å²) in [5.74, 6) is -0.133. The second kappa shape index (κ2) is 6.01. The summed E-state index contributed by atoms with van der Waals surface area (Å²) in [6.07, 6.45) is 3.35. The minimum absolute atomic E-state index is 0.133. The maximum Gasteiger partial charge on any atom is 0.251 e. The molecule has 0 saturated heterocycles. The molecule has 104 valence electrons. The molecule has 1 aromatic carbocycles. The maximum absolute atomic E-state index is 12.1. The van der Waals surface area contributed by atoms with Crippen LogP contribution in [0.4, 0.5) is 0 Å². The average molecular weight is 342 g/mol. The minimum Gasteiger partial charge on any atom is -0.348 e. The highest BCUT2D eigenvalue weighted by Crippen LogP contribution is 2.16. The Morgan fingerprint density at radius 2 is 1.95 bits per heavy atom. The van der Waals surface area contributed by atoms with Gasteiger partial charge in [-0.3, -0.25) is 9.78 Å². The first-order valence-electron chi connectivity index (χ1n) is 6.46. The third kappa shape index (κ3) is 3.08. The van der Waals surface area contributed by atoms with Crippen LogP contribution in [-0.2, 0) is 6.54 Å². The standard InChI is InChI=1S/C16H12BrN3O/c17-14-9-12(6-8-18-14)16(21)20-10-13-4-1-3-11-5-2-7-19-15(11)13/h1-9H,10H2,(H,20,21). The smallest absolute Gasteiger partial charge is 0.251 e. The number of amides is 1. The monoisotopic (exact) mass is 341 g/mol. The molecular formula is C16H12BrN3O. The van der Waals surface area contributed by atoms with E-state index in [1.54, 1.807) is 24.5 Å². The number of pyridine rings is 2. The molecule has 0 radical (unpaired) electrons. The molecule has 1 amide bonds. The third-order valence-corrected chi connectivity index (χ3v) is 3.58. The largest absolute Gasteiger partial charge is 0.348 e. The molecule has 1 N–H and O–H groups in total. The number of aromatic nitrogens is 2. The van der Waals surface area contributed by atoms with Crippen molar-refractivity contribution in [3.8, 4) is 0 Å². The average Bonchev–Trinajstić information content (AvgIpc) is 2.52. The Hall–Kier alpha value is -2.27. The normalized spacial score (nSPS) is 10.5. The highest BCUT2D eigenvalue weighted by Gasteiger charge is 2.07. The van der Waals surface area contributed by atoms with Crippen molar-refractivity contribution in [2.45, 2.75) is 6.54 Å².